The molecule has 6 rings (SSSR count). The standard InChI is InChI=1S/C22H19F2N5O2/c23-14-8-13(9-15(24)10-14)18-3-4-21-26-29(22(30)28(18)21)16-11-17(12-16)31-20-5-6-25-27-7-1-2-19(20)27/h1-2,5-10,16-18H,3-4,11-12H2/t16?,17?,18-/m0/s1. The number of benzene rings is 1. The Balaban J connectivity index is 1.21. The zero-order valence-corrected chi connectivity index (χ0v) is 16.5. The van der Waals surface area contributed by atoms with E-state index in [1.807, 2.05) is 24.4 Å². The number of halogens is 2. The first-order valence-corrected chi connectivity index (χ1v) is 10.3. The fourth-order valence-electron chi connectivity index (χ4n) is 4.68. The fourth-order valence-corrected chi connectivity index (χ4v) is 4.68. The van der Waals surface area contributed by atoms with Gasteiger partial charge < -0.3 is 4.74 Å². The van der Waals surface area contributed by atoms with E-state index < -0.39 is 17.7 Å². The van der Waals surface area contributed by atoms with Gasteiger partial charge in [-0.15, -0.1) is 0 Å². The summed E-state index contributed by atoms with van der Waals surface area (Å²) >= 11 is 0. The van der Waals surface area contributed by atoms with Gasteiger partial charge in [0.2, 0.25) is 0 Å². The summed E-state index contributed by atoms with van der Waals surface area (Å²) in [6, 6.07) is 8.66. The Hall–Kier alpha value is -3.49. The molecule has 1 aromatic carbocycles. The van der Waals surface area contributed by atoms with Crippen molar-refractivity contribution in [3.05, 3.63) is 82.3 Å². The van der Waals surface area contributed by atoms with Gasteiger partial charge in [0, 0.05) is 37.6 Å². The average Bonchev–Trinajstić information content (AvgIpc) is 3.40. The quantitative estimate of drug-likeness (QED) is 0.505. The first-order valence-electron chi connectivity index (χ1n) is 10.3. The van der Waals surface area contributed by atoms with E-state index in [1.165, 1.54) is 16.8 Å². The molecule has 0 radical (unpaired) electrons. The molecule has 0 N–H and O–H groups in total. The highest BCUT2D eigenvalue weighted by atomic mass is 19.1. The third kappa shape index (κ3) is 2.95. The van der Waals surface area contributed by atoms with E-state index in [2.05, 4.69) is 10.2 Å². The molecule has 1 saturated carbocycles. The highest BCUT2D eigenvalue weighted by Crippen LogP contribution is 2.37. The first-order chi connectivity index (χ1) is 15.1. The van der Waals surface area contributed by atoms with Crippen molar-refractivity contribution < 1.29 is 13.5 Å². The second-order valence-corrected chi connectivity index (χ2v) is 8.17. The molecule has 3 aromatic heterocycles. The maximum Gasteiger partial charge on any atom is 0.346 e. The fraction of sp³-hybridized carbons (Fsp3) is 0.318. The van der Waals surface area contributed by atoms with Gasteiger partial charge in [-0.1, -0.05) is 0 Å². The van der Waals surface area contributed by atoms with Crippen LogP contribution in [0.5, 0.6) is 5.75 Å². The number of ether oxygens (including phenoxy) is 1. The topological polar surface area (TPSA) is 66.3 Å². The van der Waals surface area contributed by atoms with Crippen LogP contribution in [0, 0.1) is 11.6 Å². The molecule has 0 spiro atoms. The molecule has 0 bridgehead atoms. The number of aromatic nitrogens is 5. The van der Waals surface area contributed by atoms with Gasteiger partial charge >= 0.3 is 5.69 Å². The van der Waals surface area contributed by atoms with Gasteiger partial charge in [-0.05, 0) is 36.2 Å². The minimum atomic E-state index is -0.643. The molecule has 7 nitrogen and oxygen atoms in total. The Morgan fingerprint density at radius 3 is 2.71 bits per heavy atom. The Morgan fingerprint density at radius 1 is 1.10 bits per heavy atom. The third-order valence-electron chi connectivity index (χ3n) is 6.23. The Kier molecular flexibility index (Phi) is 3.99. The number of nitrogens with zero attached hydrogens (tertiary/aromatic N) is 5. The van der Waals surface area contributed by atoms with Crippen LogP contribution in [0.3, 0.4) is 0 Å². The number of hydrogen-bond acceptors (Lipinski definition) is 4. The van der Waals surface area contributed by atoms with Gasteiger partial charge in [-0.3, -0.25) is 4.57 Å². The molecule has 1 aliphatic heterocycles. The van der Waals surface area contributed by atoms with Crippen LogP contribution < -0.4 is 10.4 Å². The molecular formula is C22H19F2N5O2. The highest BCUT2D eigenvalue weighted by Gasteiger charge is 2.38. The lowest BCUT2D eigenvalue weighted by Gasteiger charge is -2.34. The number of rotatable bonds is 4. The average molecular weight is 423 g/mol. The van der Waals surface area contributed by atoms with Crippen LogP contribution in [0.25, 0.3) is 5.52 Å². The molecule has 1 aliphatic carbocycles. The Morgan fingerprint density at radius 2 is 1.90 bits per heavy atom. The molecule has 31 heavy (non-hydrogen) atoms. The van der Waals surface area contributed by atoms with Gasteiger partial charge in [0.05, 0.1) is 18.3 Å². The van der Waals surface area contributed by atoms with Crippen molar-refractivity contribution >= 4 is 5.52 Å². The molecule has 1 atom stereocenters. The molecule has 0 saturated heterocycles. The summed E-state index contributed by atoms with van der Waals surface area (Å²) in [6.07, 6.45) is 6.09. The van der Waals surface area contributed by atoms with Crippen molar-refractivity contribution in [1.82, 2.24) is 24.0 Å². The van der Waals surface area contributed by atoms with Crippen LogP contribution in [0.15, 0.2) is 53.6 Å². The zero-order chi connectivity index (χ0) is 21.1. The van der Waals surface area contributed by atoms with E-state index in [-0.39, 0.29) is 17.8 Å². The van der Waals surface area contributed by atoms with E-state index in [4.69, 9.17) is 4.74 Å². The van der Waals surface area contributed by atoms with E-state index in [1.54, 1.807) is 15.3 Å². The monoisotopic (exact) mass is 423 g/mol. The van der Waals surface area contributed by atoms with E-state index in [0.29, 0.717) is 37.1 Å². The van der Waals surface area contributed by atoms with Crippen molar-refractivity contribution in [2.45, 2.75) is 43.9 Å². The maximum absolute atomic E-state index is 13.7. The Labute approximate surface area is 175 Å². The molecule has 158 valence electrons. The molecule has 0 unspecified atom stereocenters. The minimum absolute atomic E-state index is 0.0114. The molecule has 9 heteroatoms. The predicted molar refractivity (Wildman–Crippen MR) is 107 cm³/mol. The zero-order valence-electron chi connectivity index (χ0n) is 16.5. The van der Waals surface area contributed by atoms with Crippen molar-refractivity contribution in [2.24, 2.45) is 0 Å². The van der Waals surface area contributed by atoms with Crippen LogP contribution >= 0.6 is 0 Å². The van der Waals surface area contributed by atoms with Gasteiger partial charge in [0.15, 0.2) is 0 Å². The third-order valence-corrected chi connectivity index (χ3v) is 6.23. The molecule has 2 aliphatic rings. The summed E-state index contributed by atoms with van der Waals surface area (Å²) in [5, 5.41) is 8.76. The molecule has 4 heterocycles. The van der Waals surface area contributed by atoms with Crippen molar-refractivity contribution in [1.29, 1.82) is 0 Å². The number of hydrogen-bond donors (Lipinski definition) is 0. The van der Waals surface area contributed by atoms with Crippen molar-refractivity contribution in [3.8, 4) is 5.75 Å². The minimum Gasteiger partial charge on any atom is -0.488 e. The second kappa shape index (κ2) is 6.76. The lowest BCUT2D eigenvalue weighted by atomic mass is 9.89. The SMILES string of the molecule is O=c1n(C2CC(Oc3ccnn4cccc34)C2)nc2n1[C@H](c1cc(F)cc(F)c1)CC2. The Bertz CT molecular complexity index is 1330. The van der Waals surface area contributed by atoms with Crippen LogP contribution in [-0.2, 0) is 6.42 Å². The summed E-state index contributed by atoms with van der Waals surface area (Å²) in [5.74, 6) is 0.136. The van der Waals surface area contributed by atoms with E-state index in [0.717, 1.165) is 17.3 Å². The van der Waals surface area contributed by atoms with Crippen molar-refractivity contribution in [3.63, 3.8) is 0 Å². The molecular weight excluding hydrogens is 404 g/mol. The van der Waals surface area contributed by atoms with Crippen LogP contribution in [0.4, 0.5) is 8.78 Å². The van der Waals surface area contributed by atoms with Gasteiger partial charge in [-0.2, -0.15) is 10.2 Å². The normalized spacial score (nSPS) is 22.5. The first kappa shape index (κ1) is 18.3. The molecule has 4 aromatic rings. The largest absolute Gasteiger partial charge is 0.488 e. The number of fused-ring (bicyclic) bond motifs is 2. The highest BCUT2D eigenvalue weighted by molar-refractivity contribution is 5.59. The van der Waals surface area contributed by atoms with E-state index >= 15 is 0 Å². The summed E-state index contributed by atoms with van der Waals surface area (Å²) in [6.45, 7) is 0. The molecule has 1 fully saturated rings. The van der Waals surface area contributed by atoms with Crippen molar-refractivity contribution in [2.75, 3.05) is 0 Å². The lowest BCUT2D eigenvalue weighted by molar-refractivity contribution is 0.0632. The number of aryl methyl sites for hydroxylation is 1. The lowest BCUT2D eigenvalue weighted by Crippen LogP contribution is -2.41. The smallest absolute Gasteiger partial charge is 0.346 e. The summed E-state index contributed by atoms with van der Waals surface area (Å²) in [4.78, 5) is 13.1. The summed E-state index contributed by atoms with van der Waals surface area (Å²) < 4.78 is 38.3. The predicted octanol–water partition coefficient (Wildman–Crippen LogP) is 3.29. The van der Waals surface area contributed by atoms with Gasteiger partial charge in [0.1, 0.15) is 34.8 Å². The summed E-state index contributed by atoms with van der Waals surface area (Å²) in [7, 11) is 0. The van der Waals surface area contributed by atoms with Gasteiger partial charge in [-0.25, -0.2) is 22.8 Å². The van der Waals surface area contributed by atoms with Crippen LogP contribution in [0.1, 0.15) is 42.7 Å². The molecule has 0 amide bonds. The van der Waals surface area contributed by atoms with Crippen LogP contribution in [0.2, 0.25) is 0 Å². The van der Waals surface area contributed by atoms with Crippen LogP contribution in [-0.4, -0.2) is 30.1 Å². The maximum atomic E-state index is 13.7. The van der Waals surface area contributed by atoms with Gasteiger partial charge in [0.25, 0.3) is 0 Å². The van der Waals surface area contributed by atoms with E-state index in [9.17, 15) is 13.6 Å². The second-order valence-electron chi connectivity index (χ2n) is 8.17. The summed E-state index contributed by atoms with van der Waals surface area (Å²) in [5.41, 5.74) is 1.12.